The van der Waals surface area contributed by atoms with Crippen molar-refractivity contribution >= 4 is 27.3 Å². The molecule has 8 nitrogen and oxygen atoms in total. The Labute approximate surface area is 137 Å². The highest BCUT2D eigenvalue weighted by molar-refractivity contribution is 7.93. The smallest absolute Gasteiger partial charge is 0.258 e. The number of non-ortho nitro benzene ring substituents is 1. The summed E-state index contributed by atoms with van der Waals surface area (Å²) in [7, 11) is -3.78. The van der Waals surface area contributed by atoms with E-state index in [4.69, 9.17) is 0 Å². The molecule has 0 aromatic heterocycles. The Hall–Kier alpha value is -3.07. The minimum Gasteiger partial charge on any atom is -0.258 e. The molecule has 0 heterocycles. The molecule has 2 rings (SSSR count). The summed E-state index contributed by atoms with van der Waals surface area (Å²) in [5, 5.41) is 22.7. The first-order valence-corrected chi connectivity index (χ1v) is 8.37. The molecule has 0 N–H and O–H groups in total. The highest BCUT2D eigenvalue weighted by Gasteiger charge is 2.22. The largest absolute Gasteiger partial charge is 0.280 e. The van der Waals surface area contributed by atoms with Gasteiger partial charge in [0.2, 0.25) is 0 Å². The maximum absolute atomic E-state index is 12.1. The fourth-order valence-corrected chi connectivity index (χ4v) is 3.11. The molecule has 0 amide bonds. The van der Waals surface area contributed by atoms with Gasteiger partial charge in [0.1, 0.15) is 0 Å². The third-order valence-electron chi connectivity index (χ3n) is 3.10. The third kappa shape index (κ3) is 4.46. The fraction of sp³-hybridized carbons (Fsp3) is 0.0667. The first-order valence-electron chi connectivity index (χ1n) is 6.66. The number of nitro groups is 2. The molecule has 0 radical (unpaired) electrons. The Morgan fingerprint density at radius 3 is 2.21 bits per heavy atom. The van der Waals surface area contributed by atoms with E-state index in [1.165, 1.54) is 6.08 Å². The minimum atomic E-state index is -3.78. The second-order valence-electron chi connectivity index (χ2n) is 4.85. The molecule has 0 spiro atoms. The Morgan fingerprint density at radius 2 is 1.62 bits per heavy atom. The maximum atomic E-state index is 12.1. The van der Waals surface area contributed by atoms with E-state index in [1.807, 2.05) is 0 Å². The van der Waals surface area contributed by atoms with E-state index in [9.17, 15) is 28.6 Å². The second-order valence-corrected chi connectivity index (χ2v) is 6.73. The molecule has 2 aromatic carbocycles. The normalized spacial score (nSPS) is 11.5. The van der Waals surface area contributed by atoms with E-state index >= 15 is 0 Å². The molecule has 0 bridgehead atoms. The summed E-state index contributed by atoms with van der Waals surface area (Å²) in [6.07, 6.45) is 1.38. The number of benzene rings is 2. The third-order valence-corrected chi connectivity index (χ3v) is 4.36. The minimum absolute atomic E-state index is 0.108. The Balaban J connectivity index is 2.31. The average Bonchev–Trinajstić information content (AvgIpc) is 2.53. The van der Waals surface area contributed by atoms with E-state index in [0.29, 0.717) is 5.56 Å². The SMILES string of the molecule is O=[N+]([O-])c1ccc(CS(=O)(=O)/C=C/c2ccccc2)c([N+](=O)[O-])c1. The second kappa shape index (κ2) is 7.01. The van der Waals surface area contributed by atoms with Gasteiger partial charge in [0, 0.05) is 17.0 Å². The van der Waals surface area contributed by atoms with Crippen LogP contribution >= 0.6 is 0 Å². The number of rotatable bonds is 6. The number of hydrogen-bond acceptors (Lipinski definition) is 6. The zero-order valence-corrected chi connectivity index (χ0v) is 13.0. The summed E-state index contributed by atoms with van der Waals surface area (Å²) >= 11 is 0. The number of sulfone groups is 1. The van der Waals surface area contributed by atoms with Gasteiger partial charge in [-0.15, -0.1) is 0 Å². The predicted molar refractivity (Wildman–Crippen MR) is 87.9 cm³/mol. The van der Waals surface area contributed by atoms with E-state index < -0.39 is 36.8 Å². The molecule has 0 atom stereocenters. The van der Waals surface area contributed by atoms with Crippen molar-refractivity contribution in [1.82, 2.24) is 0 Å². The van der Waals surface area contributed by atoms with Crippen LogP contribution in [0.1, 0.15) is 11.1 Å². The zero-order valence-electron chi connectivity index (χ0n) is 12.2. The van der Waals surface area contributed by atoms with Gasteiger partial charge in [0.25, 0.3) is 11.4 Å². The Kier molecular flexibility index (Phi) is 5.05. The lowest BCUT2D eigenvalue weighted by Gasteiger charge is -2.02. The van der Waals surface area contributed by atoms with Crippen LogP contribution in [0, 0.1) is 20.2 Å². The van der Waals surface area contributed by atoms with E-state index in [2.05, 4.69) is 0 Å². The number of nitro benzene ring substituents is 2. The van der Waals surface area contributed by atoms with Gasteiger partial charge < -0.3 is 0 Å². The molecular formula is C15H12N2O6S. The molecule has 0 saturated carbocycles. The summed E-state index contributed by atoms with van der Waals surface area (Å²) < 4.78 is 24.2. The summed E-state index contributed by atoms with van der Waals surface area (Å²) in [5.41, 5.74) is -0.508. The van der Waals surface area contributed by atoms with Crippen molar-refractivity contribution in [1.29, 1.82) is 0 Å². The summed E-state index contributed by atoms with van der Waals surface area (Å²) in [6, 6.07) is 11.6. The lowest BCUT2D eigenvalue weighted by molar-refractivity contribution is -0.394. The van der Waals surface area contributed by atoms with Crippen LogP contribution < -0.4 is 0 Å². The van der Waals surface area contributed by atoms with Crippen molar-refractivity contribution in [2.24, 2.45) is 0 Å². The van der Waals surface area contributed by atoms with Crippen LogP contribution in [0.4, 0.5) is 11.4 Å². The average molecular weight is 348 g/mol. The molecule has 0 fully saturated rings. The van der Waals surface area contributed by atoms with Gasteiger partial charge in [-0.3, -0.25) is 20.2 Å². The van der Waals surface area contributed by atoms with Crippen LogP contribution in [0.15, 0.2) is 53.9 Å². The van der Waals surface area contributed by atoms with E-state index in [0.717, 1.165) is 23.6 Å². The molecule has 0 unspecified atom stereocenters. The molecule has 9 heteroatoms. The van der Waals surface area contributed by atoms with Gasteiger partial charge in [-0.25, -0.2) is 8.42 Å². The zero-order chi connectivity index (χ0) is 17.7. The van der Waals surface area contributed by atoms with Gasteiger partial charge >= 0.3 is 0 Å². The fourth-order valence-electron chi connectivity index (χ4n) is 1.97. The molecule has 24 heavy (non-hydrogen) atoms. The molecular weight excluding hydrogens is 336 g/mol. The summed E-state index contributed by atoms with van der Waals surface area (Å²) in [5.74, 6) is -0.620. The van der Waals surface area contributed by atoms with Crippen molar-refractivity contribution in [3.05, 3.63) is 85.3 Å². The number of nitrogens with zero attached hydrogens (tertiary/aromatic N) is 2. The van der Waals surface area contributed by atoms with Crippen molar-refractivity contribution in [3.8, 4) is 0 Å². The summed E-state index contributed by atoms with van der Waals surface area (Å²) in [4.78, 5) is 20.1. The quantitative estimate of drug-likeness (QED) is 0.584. The van der Waals surface area contributed by atoms with E-state index in [-0.39, 0.29) is 5.56 Å². The molecule has 0 aliphatic carbocycles. The van der Waals surface area contributed by atoms with Crippen LogP contribution in [0.5, 0.6) is 0 Å². The molecule has 0 saturated heterocycles. The molecule has 124 valence electrons. The van der Waals surface area contributed by atoms with Crippen LogP contribution in [-0.4, -0.2) is 18.3 Å². The Morgan fingerprint density at radius 1 is 0.958 bits per heavy atom. The predicted octanol–water partition coefficient (Wildman–Crippen LogP) is 3.09. The van der Waals surface area contributed by atoms with Crippen LogP contribution in [0.3, 0.4) is 0 Å². The van der Waals surface area contributed by atoms with Crippen LogP contribution in [0.25, 0.3) is 6.08 Å². The first-order chi connectivity index (χ1) is 11.3. The van der Waals surface area contributed by atoms with Gasteiger partial charge in [-0.05, 0) is 17.7 Å². The topological polar surface area (TPSA) is 120 Å². The number of hydrogen-bond donors (Lipinski definition) is 0. The van der Waals surface area contributed by atoms with E-state index in [1.54, 1.807) is 30.3 Å². The van der Waals surface area contributed by atoms with Gasteiger partial charge in [0.15, 0.2) is 9.84 Å². The van der Waals surface area contributed by atoms with Crippen LogP contribution in [0.2, 0.25) is 0 Å². The maximum Gasteiger partial charge on any atom is 0.280 e. The molecule has 0 aliphatic rings. The van der Waals surface area contributed by atoms with Crippen molar-refractivity contribution in [2.45, 2.75) is 5.75 Å². The van der Waals surface area contributed by atoms with Crippen molar-refractivity contribution < 1.29 is 18.3 Å². The molecule has 0 aliphatic heterocycles. The Bertz CT molecular complexity index is 907. The van der Waals surface area contributed by atoms with Crippen molar-refractivity contribution in [3.63, 3.8) is 0 Å². The van der Waals surface area contributed by atoms with Gasteiger partial charge in [-0.2, -0.15) is 0 Å². The highest BCUT2D eigenvalue weighted by atomic mass is 32.2. The first kappa shape index (κ1) is 17.3. The lowest BCUT2D eigenvalue weighted by Crippen LogP contribution is -2.04. The molecule has 2 aromatic rings. The van der Waals surface area contributed by atoms with Gasteiger partial charge in [-0.1, -0.05) is 30.3 Å². The monoisotopic (exact) mass is 348 g/mol. The van der Waals surface area contributed by atoms with Gasteiger partial charge in [0.05, 0.1) is 21.7 Å². The van der Waals surface area contributed by atoms with Crippen LogP contribution in [-0.2, 0) is 15.6 Å². The standard InChI is InChI=1S/C15H12N2O6S/c18-16(19)14-7-6-13(15(10-14)17(20)21)11-24(22,23)9-8-12-4-2-1-3-5-12/h1-10H,11H2/b9-8+. The highest BCUT2D eigenvalue weighted by Crippen LogP contribution is 2.26. The van der Waals surface area contributed by atoms with Crippen molar-refractivity contribution in [2.75, 3.05) is 0 Å². The summed E-state index contributed by atoms with van der Waals surface area (Å²) in [6.45, 7) is 0. The lowest BCUT2D eigenvalue weighted by atomic mass is 10.2.